The Morgan fingerprint density at radius 1 is 1.22 bits per heavy atom. The molecule has 2 atom stereocenters. The molecule has 1 saturated carbocycles. The van der Waals surface area contributed by atoms with Crippen LogP contribution < -0.4 is 5.32 Å². The van der Waals surface area contributed by atoms with E-state index in [9.17, 15) is 14.7 Å². The van der Waals surface area contributed by atoms with E-state index in [4.69, 9.17) is 0 Å². The van der Waals surface area contributed by atoms with Crippen molar-refractivity contribution < 1.29 is 14.7 Å². The third-order valence-corrected chi connectivity index (χ3v) is 5.40. The van der Waals surface area contributed by atoms with Crippen LogP contribution in [0.5, 0.6) is 0 Å². The van der Waals surface area contributed by atoms with Crippen molar-refractivity contribution in [1.82, 2.24) is 10.2 Å². The van der Waals surface area contributed by atoms with Crippen molar-refractivity contribution in [2.75, 3.05) is 6.54 Å². The molecule has 0 aliphatic heterocycles. The predicted molar refractivity (Wildman–Crippen MR) is 92.4 cm³/mol. The fraction of sp³-hybridized carbons (Fsp3) is 0.889. The van der Waals surface area contributed by atoms with E-state index in [1.165, 1.54) is 19.3 Å². The molecule has 0 bridgehead atoms. The first kappa shape index (κ1) is 19.9. The number of nitrogens with zero attached hydrogens (tertiary/aromatic N) is 1. The van der Waals surface area contributed by atoms with Crippen molar-refractivity contribution in [2.24, 2.45) is 5.92 Å². The Labute approximate surface area is 140 Å². The summed E-state index contributed by atoms with van der Waals surface area (Å²) in [7, 11) is 0. The first-order valence-corrected chi connectivity index (χ1v) is 9.06. The summed E-state index contributed by atoms with van der Waals surface area (Å²) in [6, 6.07) is -0.404. The fourth-order valence-electron chi connectivity index (χ4n) is 3.63. The minimum absolute atomic E-state index is 0.0861. The summed E-state index contributed by atoms with van der Waals surface area (Å²) in [5.41, 5.74) is -0.697. The number of rotatable bonds is 8. The number of carbonyl (C=O) groups is 2. The summed E-state index contributed by atoms with van der Waals surface area (Å²) in [6.45, 7) is 10.5. The van der Waals surface area contributed by atoms with Crippen molar-refractivity contribution in [2.45, 2.75) is 90.8 Å². The van der Waals surface area contributed by atoms with E-state index in [-0.39, 0.29) is 11.8 Å². The highest BCUT2D eigenvalue weighted by molar-refractivity contribution is 5.89. The molecular formula is C18H34N2O3. The van der Waals surface area contributed by atoms with Crippen LogP contribution >= 0.6 is 0 Å². The molecule has 23 heavy (non-hydrogen) atoms. The molecule has 1 rings (SSSR count). The van der Waals surface area contributed by atoms with Gasteiger partial charge in [0.25, 0.3) is 0 Å². The number of amides is 1. The van der Waals surface area contributed by atoms with Crippen molar-refractivity contribution >= 4 is 11.9 Å². The highest BCUT2D eigenvalue weighted by Crippen LogP contribution is 2.28. The third-order valence-electron chi connectivity index (χ3n) is 5.40. The SMILES string of the molecule is CCC(C)C(NC(=O)C(C)(C)N(CC)C1CCCCC1)C(=O)O. The van der Waals surface area contributed by atoms with Crippen LogP contribution in [-0.4, -0.2) is 46.1 Å². The van der Waals surface area contributed by atoms with Gasteiger partial charge in [-0.15, -0.1) is 0 Å². The summed E-state index contributed by atoms with van der Waals surface area (Å²) >= 11 is 0. The molecule has 0 aromatic heterocycles. The number of carboxylic acid groups (broad SMARTS) is 1. The average molecular weight is 326 g/mol. The largest absolute Gasteiger partial charge is 0.480 e. The van der Waals surface area contributed by atoms with E-state index in [0.717, 1.165) is 25.8 Å². The maximum atomic E-state index is 12.8. The molecule has 1 amide bonds. The highest BCUT2D eigenvalue weighted by Gasteiger charge is 2.40. The summed E-state index contributed by atoms with van der Waals surface area (Å²) in [4.78, 5) is 26.5. The van der Waals surface area contributed by atoms with Gasteiger partial charge < -0.3 is 10.4 Å². The average Bonchev–Trinajstić information content (AvgIpc) is 2.52. The topological polar surface area (TPSA) is 69.6 Å². The Bertz CT molecular complexity index is 403. The lowest BCUT2D eigenvalue weighted by Crippen LogP contribution is -2.61. The number of nitrogens with one attached hydrogen (secondary N) is 1. The van der Waals surface area contributed by atoms with Gasteiger partial charge in [0.05, 0.1) is 5.54 Å². The smallest absolute Gasteiger partial charge is 0.326 e. The molecule has 134 valence electrons. The molecule has 2 unspecified atom stereocenters. The van der Waals surface area contributed by atoms with Crippen LogP contribution in [0, 0.1) is 5.92 Å². The maximum Gasteiger partial charge on any atom is 0.326 e. The van der Waals surface area contributed by atoms with E-state index in [1.807, 2.05) is 27.7 Å². The van der Waals surface area contributed by atoms with E-state index in [1.54, 1.807) is 0 Å². The molecule has 0 radical (unpaired) electrons. The summed E-state index contributed by atoms with van der Waals surface area (Å²) in [5, 5.41) is 12.2. The van der Waals surface area contributed by atoms with Crippen LogP contribution in [-0.2, 0) is 9.59 Å². The zero-order chi connectivity index (χ0) is 17.6. The lowest BCUT2D eigenvalue weighted by Gasteiger charge is -2.44. The number of carboxylic acids is 1. The highest BCUT2D eigenvalue weighted by atomic mass is 16.4. The van der Waals surface area contributed by atoms with Crippen LogP contribution in [0.1, 0.15) is 73.1 Å². The number of likely N-dealkylation sites (N-methyl/N-ethyl adjacent to an activating group) is 1. The van der Waals surface area contributed by atoms with Crippen LogP contribution in [0.15, 0.2) is 0 Å². The van der Waals surface area contributed by atoms with Gasteiger partial charge in [0.1, 0.15) is 6.04 Å². The van der Waals surface area contributed by atoms with Crippen molar-refractivity contribution in [3.8, 4) is 0 Å². The minimum Gasteiger partial charge on any atom is -0.480 e. The molecular weight excluding hydrogens is 292 g/mol. The molecule has 1 aliphatic rings. The van der Waals surface area contributed by atoms with Crippen molar-refractivity contribution in [1.29, 1.82) is 0 Å². The lowest BCUT2D eigenvalue weighted by molar-refractivity contribution is -0.146. The number of hydrogen-bond acceptors (Lipinski definition) is 3. The second kappa shape index (κ2) is 8.67. The molecule has 5 heteroatoms. The molecule has 0 spiro atoms. The second-order valence-corrected chi connectivity index (χ2v) is 7.31. The lowest BCUT2D eigenvalue weighted by atomic mass is 9.89. The summed E-state index contributed by atoms with van der Waals surface area (Å²) in [5.74, 6) is -1.22. The monoisotopic (exact) mass is 326 g/mol. The standard InChI is InChI=1S/C18H34N2O3/c1-6-13(3)15(16(21)22)19-17(23)18(4,5)20(7-2)14-11-9-8-10-12-14/h13-15H,6-12H2,1-5H3,(H,19,23)(H,21,22). The van der Waals surface area contributed by atoms with Crippen LogP contribution in [0.25, 0.3) is 0 Å². The third kappa shape index (κ3) is 4.93. The van der Waals surface area contributed by atoms with Gasteiger partial charge in [-0.25, -0.2) is 4.79 Å². The van der Waals surface area contributed by atoms with Gasteiger partial charge in [0.15, 0.2) is 0 Å². The molecule has 0 heterocycles. The number of aliphatic carboxylic acids is 1. The Balaban J connectivity index is 2.86. The van der Waals surface area contributed by atoms with Crippen LogP contribution in [0.3, 0.4) is 0 Å². The van der Waals surface area contributed by atoms with E-state index < -0.39 is 17.6 Å². The summed E-state index contributed by atoms with van der Waals surface area (Å²) in [6.07, 6.45) is 6.66. The van der Waals surface area contributed by atoms with Gasteiger partial charge in [-0.3, -0.25) is 9.69 Å². The maximum absolute atomic E-state index is 12.8. The Morgan fingerprint density at radius 2 is 1.78 bits per heavy atom. The van der Waals surface area contributed by atoms with Gasteiger partial charge in [0, 0.05) is 6.04 Å². The first-order valence-electron chi connectivity index (χ1n) is 9.06. The minimum atomic E-state index is -0.954. The molecule has 0 saturated heterocycles. The van der Waals surface area contributed by atoms with Crippen molar-refractivity contribution in [3.05, 3.63) is 0 Å². The molecule has 0 aromatic rings. The van der Waals surface area contributed by atoms with Gasteiger partial charge in [0.2, 0.25) is 5.91 Å². The Kier molecular flexibility index (Phi) is 7.52. The van der Waals surface area contributed by atoms with Crippen molar-refractivity contribution in [3.63, 3.8) is 0 Å². The number of carbonyl (C=O) groups excluding carboxylic acids is 1. The first-order chi connectivity index (χ1) is 10.8. The van der Waals surface area contributed by atoms with E-state index in [0.29, 0.717) is 6.04 Å². The Morgan fingerprint density at radius 3 is 2.22 bits per heavy atom. The quantitative estimate of drug-likeness (QED) is 0.719. The molecule has 5 nitrogen and oxygen atoms in total. The number of hydrogen-bond donors (Lipinski definition) is 2. The zero-order valence-electron chi connectivity index (χ0n) is 15.4. The zero-order valence-corrected chi connectivity index (χ0v) is 15.4. The molecule has 0 aromatic carbocycles. The predicted octanol–water partition coefficient (Wildman–Crippen LogP) is 3.04. The Hall–Kier alpha value is -1.10. The fourth-order valence-corrected chi connectivity index (χ4v) is 3.63. The molecule has 1 aliphatic carbocycles. The van der Waals surface area contributed by atoms with Gasteiger partial charge >= 0.3 is 5.97 Å². The van der Waals surface area contributed by atoms with E-state index in [2.05, 4.69) is 17.1 Å². The molecule has 1 fully saturated rings. The van der Waals surface area contributed by atoms with Gasteiger partial charge in [-0.05, 0) is 39.2 Å². The van der Waals surface area contributed by atoms with E-state index >= 15 is 0 Å². The van der Waals surface area contributed by atoms with Gasteiger partial charge in [-0.1, -0.05) is 46.5 Å². The normalized spacial score (nSPS) is 19.4. The van der Waals surface area contributed by atoms with Crippen LogP contribution in [0.2, 0.25) is 0 Å². The second-order valence-electron chi connectivity index (χ2n) is 7.31. The molecule has 2 N–H and O–H groups in total. The summed E-state index contributed by atoms with van der Waals surface area (Å²) < 4.78 is 0. The van der Waals surface area contributed by atoms with Gasteiger partial charge in [-0.2, -0.15) is 0 Å². The van der Waals surface area contributed by atoms with Crippen LogP contribution in [0.4, 0.5) is 0 Å².